The Morgan fingerprint density at radius 2 is 1.36 bits per heavy atom. The van der Waals surface area contributed by atoms with Crippen molar-refractivity contribution in [2.75, 3.05) is 14.2 Å². The highest BCUT2D eigenvalue weighted by atomic mass is 31.2. The molecule has 22 heavy (non-hydrogen) atoms. The average Bonchev–Trinajstić information content (AvgIpc) is 2.60. The standard InChI is InChI=1S/C18H21O3P/c1-4-15-18(20-2,21-3)22(19,16-11-7-5-8-12-16)17-13-9-6-10-14-17/h4-14H,1,15H2,2-3H3. The van der Waals surface area contributed by atoms with Gasteiger partial charge in [0.15, 0.2) is 7.14 Å². The summed E-state index contributed by atoms with van der Waals surface area (Å²) in [5.41, 5.74) is -1.27. The summed E-state index contributed by atoms with van der Waals surface area (Å²) >= 11 is 0. The Kier molecular flexibility index (Phi) is 5.36. The first kappa shape index (κ1) is 16.7. The van der Waals surface area contributed by atoms with E-state index in [1.54, 1.807) is 6.08 Å². The molecule has 0 saturated heterocycles. The van der Waals surface area contributed by atoms with Crippen molar-refractivity contribution in [1.29, 1.82) is 0 Å². The summed E-state index contributed by atoms with van der Waals surface area (Å²) in [6, 6.07) is 18.7. The number of methoxy groups -OCH3 is 2. The van der Waals surface area contributed by atoms with Gasteiger partial charge in [-0.25, -0.2) is 0 Å². The lowest BCUT2D eigenvalue weighted by molar-refractivity contribution is -0.138. The molecule has 0 saturated carbocycles. The Hall–Kier alpha value is -1.67. The molecule has 0 bridgehead atoms. The predicted octanol–water partition coefficient (Wildman–Crippen LogP) is 3.52. The third-order valence-corrected chi connectivity index (χ3v) is 7.32. The van der Waals surface area contributed by atoms with Crippen molar-refractivity contribution in [2.45, 2.75) is 11.9 Å². The molecular formula is C18H21O3P. The zero-order valence-corrected chi connectivity index (χ0v) is 13.8. The molecule has 0 aliphatic rings. The van der Waals surface area contributed by atoms with Crippen LogP contribution in [0.2, 0.25) is 0 Å². The summed E-state index contributed by atoms with van der Waals surface area (Å²) in [5.74, 6) is 0. The molecule has 0 heterocycles. The van der Waals surface area contributed by atoms with E-state index in [1.807, 2.05) is 60.7 Å². The number of benzene rings is 2. The van der Waals surface area contributed by atoms with Gasteiger partial charge in [-0.15, -0.1) is 6.58 Å². The third kappa shape index (κ3) is 2.68. The van der Waals surface area contributed by atoms with Gasteiger partial charge in [0.25, 0.3) is 0 Å². The van der Waals surface area contributed by atoms with Crippen molar-refractivity contribution in [3.05, 3.63) is 73.3 Å². The van der Waals surface area contributed by atoms with Crippen LogP contribution >= 0.6 is 7.14 Å². The number of rotatable bonds is 7. The molecule has 0 aliphatic heterocycles. The lowest BCUT2D eigenvalue weighted by Crippen LogP contribution is -2.41. The average molecular weight is 316 g/mol. The highest BCUT2D eigenvalue weighted by Gasteiger charge is 2.50. The first-order valence-electron chi connectivity index (χ1n) is 7.07. The van der Waals surface area contributed by atoms with Gasteiger partial charge in [-0.05, 0) is 0 Å². The van der Waals surface area contributed by atoms with Crippen molar-refractivity contribution >= 4 is 17.8 Å². The fraction of sp³-hybridized carbons (Fsp3) is 0.222. The second kappa shape index (κ2) is 7.06. The van der Waals surface area contributed by atoms with Gasteiger partial charge in [0.05, 0.1) is 0 Å². The van der Waals surface area contributed by atoms with E-state index in [2.05, 4.69) is 6.58 Å². The largest absolute Gasteiger partial charge is 0.346 e. The number of ether oxygens (including phenoxy) is 2. The molecule has 2 aromatic carbocycles. The Morgan fingerprint density at radius 1 is 0.955 bits per heavy atom. The quantitative estimate of drug-likeness (QED) is 0.445. The summed E-state index contributed by atoms with van der Waals surface area (Å²) in [5, 5.41) is 1.40. The van der Waals surface area contributed by atoms with E-state index < -0.39 is 12.7 Å². The van der Waals surface area contributed by atoms with Gasteiger partial charge in [-0.3, -0.25) is 0 Å². The van der Waals surface area contributed by atoms with Crippen LogP contribution in [0.25, 0.3) is 0 Å². The van der Waals surface area contributed by atoms with Crippen molar-refractivity contribution in [1.82, 2.24) is 0 Å². The molecule has 116 valence electrons. The third-order valence-electron chi connectivity index (χ3n) is 3.76. The van der Waals surface area contributed by atoms with Gasteiger partial charge in [-0.1, -0.05) is 66.7 Å². The van der Waals surface area contributed by atoms with Crippen LogP contribution in [0.4, 0.5) is 0 Å². The molecule has 0 spiro atoms. The first-order valence-corrected chi connectivity index (χ1v) is 8.78. The lowest BCUT2D eigenvalue weighted by Gasteiger charge is -2.38. The van der Waals surface area contributed by atoms with E-state index in [-0.39, 0.29) is 0 Å². The lowest BCUT2D eigenvalue weighted by atomic mass is 10.4. The van der Waals surface area contributed by atoms with Crippen LogP contribution in [-0.4, -0.2) is 19.7 Å². The topological polar surface area (TPSA) is 35.5 Å². The van der Waals surface area contributed by atoms with Gasteiger partial charge in [0, 0.05) is 31.2 Å². The summed E-state index contributed by atoms with van der Waals surface area (Å²) in [7, 11) is -0.159. The molecule has 0 fully saturated rings. The Morgan fingerprint density at radius 3 is 1.68 bits per heavy atom. The van der Waals surface area contributed by atoms with Gasteiger partial charge in [0.2, 0.25) is 5.53 Å². The molecule has 0 atom stereocenters. The van der Waals surface area contributed by atoms with E-state index >= 15 is 0 Å². The van der Waals surface area contributed by atoms with Gasteiger partial charge in [-0.2, -0.15) is 0 Å². The SMILES string of the molecule is C=CCC(OC)(OC)P(=O)(c1ccccc1)c1ccccc1. The monoisotopic (exact) mass is 316 g/mol. The van der Waals surface area contributed by atoms with Crippen LogP contribution < -0.4 is 10.6 Å². The van der Waals surface area contributed by atoms with Gasteiger partial charge >= 0.3 is 0 Å². The van der Waals surface area contributed by atoms with Gasteiger partial charge < -0.3 is 14.0 Å². The number of hydrogen-bond acceptors (Lipinski definition) is 3. The summed E-state index contributed by atoms with van der Waals surface area (Å²) < 4.78 is 25.5. The minimum absolute atomic E-state index is 0.321. The van der Waals surface area contributed by atoms with Crippen molar-refractivity contribution in [2.24, 2.45) is 0 Å². The van der Waals surface area contributed by atoms with E-state index in [0.717, 1.165) is 0 Å². The zero-order chi connectivity index (χ0) is 16.1. The Balaban J connectivity index is 2.76. The maximum atomic E-state index is 14.2. The molecule has 0 radical (unpaired) electrons. The maximum absolute atomic E-state index is 14.2. The minimum Gasteiger partial charge on any atom is -0.346 e. The summed E-state index contributed by atoms with van der Waals surface area (Å²) in [6.07, 6.45) is 1.99. The minimum atomic E-state index is -3.20. The highest BCUT2D eigenvalue weighted by Crippen LogP contribution is 2.58. The van der Waals surface area contributed by atoms with Crippen molar-refractivity contribution < 1.29 is 14.0 Å². The van der Waals surface area contributed by atoms with E-state index in [4.69, 9.17) is 9.47 Å². The normalized spacial score (nSPS) is 12.1. The molecule has 0 aromatic heterocycles. The van der Waals surface area contributed by atoms with E-state index in [0.29, 0.717) is 17.0 Å². The Labute approximate surface area is 132 Å². The summed E-state index contributed by atoms with van der Waals surface area (Å²) in [6.45, 7) is 3.76. The van der Waals surface area contributed by atoms with Crippen molar-refractivity contribution in [3.8, 4) is 0 Å². The van der Waals surface area contributed by atoms with E-state index in [1.165, 1.54) is 14.2 Å². The molecule has 3 nitrogen and oxygen atoms in total. The Bertz CT molecular complexity index is 605. The molecule has 2 aromatic rings. The summed E-state index contributed by atoms with van der Waals surface area (Å²) in [4.78, 5) is 0. The first-order chi connectivity index (χ1) is 10.6. The molecule has 0 N–H and O–H groups in total. The van der Waals surface area contributed by atoms with Crippen LogP contribution in [0.1, 0.15) is 6.42 Å². The molecule has 4 heteroatoms. The van der Waals surface area contributed by atoms with Gasteiger partial charge in [0.1, 0.15) is 0 Å². The van der Waals surface area contributed by atoms with E-state index in [9.17, 15) is 4.57 Å². The molecular weight excluding hydrogens is 295 g/mol. The smallest absolute Gasteiger partial charge is 0.233 e. The molecule has 0 aliphatic carbocycles. The van der Waals surface area contributed by atoms with Crippen LogP contribution in [0.15, 0.2) is 73.3 Å². The van der Waals surface area contributed by atoms with Crippen LogP contribution in [-0.2, 0) is 14.0 Å². The molecule has 2 rings (SSSR count). The maximum Gasteiger partial charge on any atom is 0.233 e. The number of hydrogen-bond donors (Lipinski definition) is 0. The fourth-order valence-corrected chi connectivity index (χ4v) is 5.81. The molecule has 0 amide bonds. The van der Waals surface area contributed by atoms with Crippen LogP contribution in [0.3, 0.4) is 0 Å². The highest BCUT2D eigenvalue weighted by molar-refractivity contribution is 7.79. The van der Waals surface area contributed by atoms with Crippen LogP contribution in [0.5, 0.6) is 0 Å². The molecule has 0 unspecified atom stereocenters. The van der Waals surface area contributed by atoms with Crippen molar-refractivity contribution in [3.63, 3.8) is 0 Å². The second-order valence-electron chi connectivity index (χ2n) is 4.89. The zero-order valence-electron chi connectivity index (χ0n) is 12.9. The predicted molar refractivity (Wildman–Crippen MR) is 91.3 cm³/mol. The van der Waals surface area contributed by atoms with Crippen LogP contribution in [0, 0.1) is 0 Å². The second-order valence-corrected chi connectivity index (χ2v) is 7.83. The fourth-order valence-electron chi connectivity index (χ4n) is 2.64.